The van der Waals surface area contributed by atoms with Gasteiger partial charge in [0.1, 0.15) is 0 Å². The molecule has 3 nitrogen and oxygen atoms in total. The Hall–Kier alpha value is -0.120. The van der Waals surface area contributed by atoms with E-state index in [1.807, 2.05) is 0 Å². The lowest BCUT2D eigenvalue weighted by Crippen LogP contribution is -2.45. The van der Waals surface area contributed by atoms with Crippen molar-refractivity contribution in [2.45, 2.75) is 51.2 Å². The summed E-state index contributed by atoms with van der Waals surface area (Å²) in [4.78, 5) is 0. The van der Waals surface area contributed by atoms with Crippen molar-refractivity contribution in [1.29, 1.82) is 0 Å². The van der Waals surface area contributed by atoms with E-state index in [1.54, 1.807) is 6.92 Å². The fourth-order valence-electron chi connectivity index (χ4n) is 2.30. The smallest absolute Gasteiger partial charge is 0.0636 e. The van der Waals surface area contributed by atoms with Crippen molar-refractivity contribution in [3.05, 3.63) is 0 Å². The molecule has 3 heteroatoms. The Morgan fingerprint density at radius 3 is 2.50 bits per heavy atom. The molecule has 0 saturated heterocycles. The molecule has 1 aliphatic carbocycles. The molecule has 1 fully saturated rings. The van der Waals surface area contributed by atoms with Gasteiger partial charge in [0.25, 0.3) is 0 Å². The van der Waals surface area contributed by atoms with Crippen LogP contribution in [0.4, 0.5) is 0 Å². The van der Waals surface area contributed by atoms with E-state index in [9.17, 15) is 5.11 Å². The molecule has 14 heavy (non-hydrogen) atoms. The van der Waals surface area contributed by atoms with Gasteiger partial charge in [0.15, 0.2) is 0 Å². The highest BCUT2D eigenvalue weighted by Gasteiger charge is 2.22. The van der Waals surface area contributed by atoms with E-state index in [0.717, 1.165) is 5.92 Å². The summed E-state index contributed by atoms with van der Waals surface area (Å²) in [6, 6.07) is 0.407. The third-order valence-corrected chi connectivity index (χ3v) is 3.15. The lowest BCUT2D eigenvalue weighted by molar-refractivity contribution is 0.173. The number of hydrogen-bond acceptors (Lipinski definition) is 3. The van der Waals surface area contributed by atoms with Crippen LogP contribution in [-0.4, -0.2) is 30.3 Å². The molecule has 1 saturated carbocycles. The lowest BCUT2D eigenvalue weighted by atomic mass is 9.84. The van der Waals surface area contributed by atoms with Crippen LogP contribution >= 0.6 is 0 Å². The molecule has 4 N–H and O–H groups in total. The Balaban J connectivity index is 2.28. The van der Waals surface area contributed by atoms with Gasteiger partial charge in [-0.05, 0) is 25.7 Å². The molecule has 1 aliphatic rings. The number of rotatable bonds is 5. The Labute approximate surface area is 87.1 Å². The SMILES string of the molecule is CC(O)CNC(CN)C1CCCCC1. The number of nitrogens with two attached hydrogens (primary N) is 1. The van der Waals surface area contributed by atoms with Gasteiger partial charge in [-0.2, -0.15) is 0 Å². The number of aliphatic hydroxyl groups excluding tert-OH is 1. The molecule has 2 unspecified atom stereocenters. The molecule has 0 aromatic carbocycles. The minimum Gasteiger partial charge on any atom is -0.392 e. The average molecular weight is 200 g/mol. The van der Waals surface area contributed by atoms with E-state index < -0.39 is 0 Å². The van der Waals surface area contributed by atoms with Gasteiger partial charge >= 0.3 is 0 Å². The number of aliphatic hydroxyl groups is 1. The molecule has 84 valence electrons. The Morgan fingerprint density at radius 2 is 2.00 bits per heavy atom. The van der Waals surface area contributed by atoms with Crippen LogP contribution in [0.15, 0.2) is 0 Å². The normalized spacial score (nSPS) is 23.4. The second-order valence-electron chi connectivity index (χ2n) is 4.50. The summed E-state index contributed by atoms with van der Waals surface area (Å²) in [6.45, 7) is 3.16. The van der Waals surface area contributed by atoms with Crippen LogP contribution < -0.4 is 11.1 Å². The van der Waals surface area contributed by atoms with E-state index in [0.29, 0.717) is 19.1 Å². The molecule has 2 atom stereocenters. The van der Waals surface area contributed by atoms with E-state index in [-0.39, 0.29) is 6.10 Å². The first kappa shape index (κ1) is 12.0. The van der Waals surface area contributed by atoms with Gasteiger partial charge in [-0.25, -0.2) is 0 Å². The van der Waals surface area contributed by atoms with Crippen LogP contribution in [0.1, 0.15) is 39.0 Å². The minimum absolute atomic E-state index is 0.271. The zero-order chi connectivity index (χ0) is 10.4. The summed E-state index contributed by atoms with van der Waals surface area (Å²) in [7, 11) is 0. The third-order valence-electron chi connectivity index (χ3n) is 3.15. The zero-order valence-corrected chi connectivity index (χ0v) is 9.21. The second-order valence-corrected chi connectivity index (χ2v) is 4.50. The molecule has 0 spiro atoms. The maximum atomic E-state index is 9.19. The molecule has 0 aliphatic heterocycles. The first-order valence-electron chi connectivity index (χ1n) is 5.85. The molecule has 0 amide bonds. The first-order valence-corrected chi connectivity index (χ1v) is 5.85. The van der Waals surface area contributed by atoms with Crippen molar-refractivity contribution in [2.75, 3.05) is 13.1 Å². The summed E-state index contributed by atoms with van der Waals surface area (Å²) in [5.74, 6) is 0.729. The van der Waals surface area contributed by atoms with Gasteiger partial charge in [0.05, 0.1) is 6.10 Å². The van der Waals surface area contributed by atoms with Crippen molar-refractivity contribution in [3.63, 3.8) is 0 Å². The molecule has 0 bridgehead atoms. The third kappa shape index (κ3) is 3.95. The predicted molar refractivity (Wildman–Crippen MR) is 59.1 cm³/mol. The highest BCUT2D eigenvalue weighted by Crippen LogP contribution is 2.26. The molecule has 0 aromatic rings. The Kier molecular flexibility index (Phi) is 5.45. The van der Waals surface area contributed by atoms with E-state index in [4.69, 9.17) is 5.73 Å². The van der Waals surface area contributed by atoms with Gasteiger partial charge in [0.2, 0.25) is 0 Å². The van der Waals surface area contributed by atoms with Crippen LogP contribution in [0.25, 0.3) is 0 Å². The summed E-state index contributed by atoms with van der Waals surface area (Å²) >= 11 is 0. The summed E-state index contributed by atoms with van der Waals surface area (Å²) in [5, 5.41) is 12.6. The van der Waals surface area contributed by atoms with Crippen LogP contribution in [0.3, 0.4) is 0 Å². The van der Waals surface area contributed by atoms with Crippen LogP contribution in [-0.2, 0) is 0 Å². The van der Waals surface area contributed by atoms with E-state index >= 15 is 0 Å². The molecule has 0 aromatic heterocycles. The highest BCUT2D eigenvalue weighted by molar-refractivity contribution is 4.80. The number of hydrogen-bond donors (Lipinski definition) is 3. The first-order chi connectivity index (χ1) is 6.74. The standard InChI is InChI=1S/C11H24N2O/c1-9(14)8-13-11(7-12)10-5-3-2-4-6-10/h9-11,13-14H,2-8,12H2,1H3. The fraction of sp³-hybridized carbons (Fsp3) is 1.00. The maximum Gasteiger partial charge on any atom is 0.0636 e. The lowest BCUT2D eigenvalue weighted by Gasteiger charge is -2.30. The quantitative estimate of drug-likeness (QED) is 0.617. The van der Waals surface area contributed by atoms with Crippen molar-refractivity contribution >= 4 is 0 Å². The maximum absolute atomic E-state index is 9.19. The monoisotopic (exact) mass is 200 g/mol. The largest absolute Gasteiger partial charge is 0.392 e. The fourth-order valence-corrected chi connectivity index (χ4v) is 2.30. The van der Waals surface area contributed by atoms with Crippen LogP contribution in [0, 0.1) is 5.92 Å². The van der Waals surface area contributed by atoms with Crippen molar-refractivity contribution in [2.24, 2.45) is 11.7 Å². The van der Waals surface area contributed by atoms with Gasteiger partial charge in [0, 0.05) is 19.1 Å². The van der Waals surface area contributed by atoms with Crippen molar-refractivity contribution in [3.8, 4) is 0 Å². The van der Waals surface area contributed by atoms with Crippen molar-refractivity contribution < 1.29 is 5.11 Å². The second kappa shape index (κ2) is 6.38. The summed E-state index contributed by atoms with van der Waals surface area (Å²) in [5.41, 5.74) is 5.75. The summed E-state index contributed by atoms with van der Waals surface area (Å²) in [6.07, 6.45) is 6.40. The van der Waals surface area contributed by atoms with Gasteiger partial charge in [-0.1, -0.05) is 19.3 Å². The Morgan fingerprint density at radius 1 is 1.36 bits per heavy atom. The van der Waals surface area contributed by atoms with Crippen molar-refractivity contribution in [1.82, 2.24) is 5.32 Å². The van der Waals surface area contributed by atoms with Gasteiger partial charge in [-0.15, -0.1) is 0 Å². The van der Waals surface area contributed by atoms with Crippen LogP contribution in [0.5, 0.6) is 0 Å². The van der Waals surface area contributed by atoms with E-state index in [1.165, 1.54) is 32.1 Å². The molecule has 0 heterocycles. The minimum atomic E-state index is -0.271. The van der Waals surface area contributed by atoms with Gasteiger partial charge in [-0.3, -0.25) is 0 Å². The molecular weight excluding hydrogens is 176 g/mol. The zero-order valence-electron chi connectivity index (χ0n) is 9.21. The van der Waals surface area contributed by atoms with Gasteiger partial charge < -0.3 is 16.2 Å². The summed E-state index contributed by atoms with van der Waals surface area (Å²) < 4.78 is 0. The van der Waals surface area contributed by atoms with E-state index in [2.05, 4.69) is 5.32 Å². The molecule has 0 radical (unpaired) electrons. The highest BCUT2D eigenvalue weighted by atomic mass is 16.3. The molecular formula is C11H24N2O. The Bertz CT molecular complexity index is 144. The van der Waals surface area contributed by atoms with Crippen LogP contribution in [0.2, 0.25) is 0 Å². The average Bonchev–Trinajstić information content (AvgIpc) is 2.20. The molecule has 1 rings (SSSR count). The predicted octanol–water partition coefficient (Wildman–Crippen LogP) is 0.864. The number of nitrogens with one attached hydrogen (secondary N) is 1. The topological polar surface area (TPSA) is 58.3 Å².